The number of thiocarbonyl (C=S) groups is 1. The van der Waals surface area contributed by atoms with E-state index < -0.39 is 0 Å². The number of hydrogen-bond donors (Lipinski definition) is 2. The largest absolute Gasteiger partial charge is 0.358 e. The van der Waals surface area contributed by atoms with Crippen LogP contribution < -0.4 is 10.6 Å². The molecule has 6 heteroatoms. The summed E-state index contributed by atoms with van der Waals surface area (Å²) in [5, 5.41) is 8.35. The minimum Gasteiger partial charge on any atom is -0.358 e. The Morgan fingerprint density at radius 3 is 2.55 bits per heavy atom. The van der Waals surface area contributed by atoms with Gasteiger partial charge in [0.15, 0.2) is 5.11 Å². The Morgan fingerprint density at radius 2 is 1.95 bits per heavy atom. The Hall–Kier alpha value is -0.550. The van der Waals surface area contributed by atoms with Gasteiger partial charge in [0.1, 0.15) is 0 Å². The lowest BCUT2D eigenvalue weighted by atomic mass is 9.84. The minimum absolute atomic E-state index is 0.459. The van der Waals surface area contributed by atoms with Crippen molar-refractivity contribution in [3.8, 4) is 0 Å². The van der Waals surface area contributed by atoms with E-state index in [0.717, 1.165) is 18.2 Å². The lowest BCUT2D eigenvalue weighted by molar-refractivity contribution is 0.0815. The van der Waals surface area contributed by atoms with Crippen LogP contribution in [-0.2, 0) is 0 Å². The van der Waals surface area contributed by atoms with Gasteiger partial charge in [-0.3, -0.25) is 0 Å². The zero-order valence-electron chi connectivity index (χ0n) is 11.0. The summed E-state index contributed by atoms with van der Waals surface area (Å²) in [4.78, 5) is 2.50. The molecule has 3 saturated heterocycles. The number of benzene rings is 1. The van der Waals surface area contributed by atoms with Crippen molar-refractivity contribution in [1.29, 1.82) is 0 Å². The molecule has 3 nitrogen and oxygen atoms in total. The van der Waals surface area contributed by atoms with Crippen LogP contribution in [-0.4, -0.2) is 35.7 Å². The number of fused-ring (bicyclic) bond motifs is 3. The van der Waals surface area contributed by atoms with E-state index in [9.17, 15) is 0 Å². The van der Waals surface area contributed by atoms with E-state index in [4.69, 9.17) is 35.4 Å². The second-order valence-electron chi connectivity index (χ2n) is 5.47. The fourth-order valence-corrected chi connectivity index (χ4v) is 3.61. The molecule has 3 fully saturated rings. The van der Waals surface area contributed by atoms with Crippen LogP contribution in [0.3, 0.4) is 0 Å². The van der Waals surface area contributed by atoms with Gasteiger partial charge in [0.05, 0.1) is 10.0 Å². The van der Waals surface area contributed by atoms with Crippen LogP contribution in [0.25, 0.3) is 0 Å². The first-order chi connectivity index (χ1) is 9.61. The van der Waals surface area contributed by atoms with Crippen molar-refractivity contribution in [2.75, 3.05) is 25.0 Å². The maximum Gasteiger partial charge on any atom is 0.171 e. The van der Waals surface area contributed by atoms with Crippen molar-refractivity contribution in [2.24, 2.45) is 5.92 Å². The second-order valence-corrected chi connectivity index (χ2v) is 6.69. The van der Waals surface area contributed by atoms with Crippen LogP contribution in [0.4, 0.5) is 5.69 Å². The number of anilines is 1. The van der Waals surface area contributed by atoms with Gasteiger partial charge >= 0.3 is 0 Å². The molecule has 3 aliphatic heterocycles. The Kier molecular flexibility index (Phi) is 4.36. The molecule has 108 valence electrons. The van der Waals surface area contributed by atoms with Crippen molar-refractivity contribution < 1.29 is 0 Å². The van der Waals surface area contributed by atoms with Gasteiger partial charge in [-0.05, 0) is 62.3 Å². The first-order valence-electron chi connectivity index (χ1n) is 6.87. The fourth-order valence-electron chi connectivity index (χ4n) is 3.04. The van der Waals surface area contributed by atoms with E-state index in [1.807, 2.05) is 6.07 Å². The molecule has 3 heterocycles. The highest BCUT2D eigenvalue weighted by Gasteiger charge is 2.34. The van der Waals surface area contributed by atoms with E-state index in [-0.39, 0.29) is 0 Å². The minimum atomic E-state index is 0.459. The summed E-state index contributed by atoms with van der Waals surface area (Å²) >= 11 is 17.3. The molecule has 0 amide bonds. The topological polar surface area (TPSA) is 27.3 Å². The lowest BCUT2D eigenvalue weighted by Gasteiger charge is -2.45. The van der Waals surface area contributed by atoms with E-state index in [1.165, 1.54) is 25.9 Å². The number of rotatable bonds is 2. The maximum absolute atomic E-state index is 6.00. The number of halogens is 2. The van der Waals surface area contributed by atoms with E-state index in [1.54, 1.807) is 12.1 Å². The summed E-state index contributed by atoms with van der Waals surface area (Å²) in [5.74, 6) is 0.744. The maximum atomic E-state index is 6.00. The molecule has 20 heavy (non-hydrogen) atoms. The number of hydrogen-bond acceptors (Lipinski definition) is 2. The van der Waals surface area contributed by atoms with Gasteiger partial charge in [-0.25, -0.2) is 0 Å². The average Bonchev–Trinajstić information content (AvgIpc) is 2.44. The van der Waals surface area contributed by atoms with Gasteiger partial charge in [-0.1, -0.05) is 23.2 Å². The summed E-state index contributed by atoms with van der Waals surface area (Å²) in [7, 11) is 0. The van der Waals surface area contributed by atoms with Gasteiger partial charge in [-0.2, -0.15) is 0 Å². The average molecular weight is 330 g/mol. The normalized spacial score (nSPS) is 28.2. The third kappa shape index (κ3) is 3.19. The zero-order valence-corrected chi connectivity index (χ0v) is 13.4. The molecule has 0 aromatic heterocycles. The molecule has 1 atom stereocenters. The van der Waals surface area contributed by atoms with E-state index in [2.05, 4.69) is 15.5 Å². The van der Waals surface area contributed by atoms with Crippen molar-refractivity contribution in [2.45, 2.75) is 18.9 Å². The molecule has 2 N–H and O–H groups in total. The lowest BCUT2D eigenvalue weighted by Crippen LogP contribution is -2.57. The number of nitrogens with one attached hydrogen (secondary N) is 2. The quantitative estimate of drug-likeness (QED) is 0.813. The summed E-state index contributed by atoms with van der Waals surface area (Å²) < 4.78 is 0. The van der Waals surface area contributed by atoms with Gasteiger partial charge < -0.3 is 15.5 Å². The Morgan fingerprint density at radius 1 is 1.20 bits per heavy atom. The fraction of sp³-hybridized carbons (Fsp3) is 0.500. The monoisotopic (exact) mass is 329 g/mol. The van der Waals surface area contributed by atoms with Crippen molar-refractivity contribution >= 4 is 46.2 Å². The van der Waals surface area contributed by atoms with E-state index >= 15 is 0 Å². The molecule has 3 aliphatic rings. The van der Waals surface area contributed by atoms with Crippen LogP contribution in [0, 0.1) is 5.92 Å². The molecule has 1 aromatic rings. The standard InChI is InChI=1S/C14H17Cl2N3S/c15-11-2-1-10(7-12(11)16)17-14(20)18-13-8-19-5-3-9(13)4-6-19/h1-2,7,9,13H,3-6,8H2,(H2,17,18,20). The molecule has 0 spiro atoms. The highest BCUT2D eigenvalue weighted by molar-refractivity contribution is 7.80. The van der Waals surface area contributed by atoms with Crippen LogP contribution >= 0.6 is 35.4 Å². The molecule has 1 unspecified atom stereocenters. The molecule has 1 aromatic carbocycles. The first kappa shape index (κ1) is 14.4. The van der Waals surface area contributed by atoms with Crippen molar-refractivity contribution in [1.82, 2.24) is 10.2 Å². The predicted molar refractivity (Wildman–Crippen MR) is 88.8 cm³/mol. The van der Waals surface area contributed by atoms with Gasteiger partial charge in [0, 0.05) is 18.3 Å². The Labute approximate surface area is 134 Å². The molecule has 2 bridgehead atoms. The molecule has 0 saturated carbocycles. The van der Waals surface area contributed by atoms with Crippen molar-refractivity contribution in [3.63, 3.8) is 0 Å². The SMILES string of the molecule is S=C(Nc1ccc(Cl)c(Cl)c1)NC1CN2CCC1CC2. The third-order valence-corrected chi connectivity index (χ3v) is 5.11. The van der Waals surface area contributed by atoms with Gasteiger partial charge in [-0.15, -0.1) is 0 Å². The second kappa shape index (κ2) is 6.06. The molecular formula is C14H17Cl2N3S. The molecule has 0 aliphatic carbocycles. The molecular weight excluding hydrogens is 313 g/mol. The highest BCUT2D eigenvalue weighted by atomic mass is 35.5. The number of piperidine rings is 3. The Balaban J connectivity index is 1.58. The summed E-state index contributed by atoms with van der Waals surface area (Å²) in [6.07, 6.45) is 2.54. The third-order valence-electron chi connectivity index (χ3n) is 4.15. The predicted octanol–water partition coefficient (Wildman–Crippen LogP) is 3.37. The first-order valence-corrected chi connectivity index (χ1v) is 8.03. The van der Waals surface area contributed by atoms with E-state index in [0.29, 0.717) is 21.2 Å². The number of nitrogens with zero attached hydrogens (tertiary/aromatic N) is 1. The molecule has 0 radical (unpaired) electrons. The van der Waals surface area contributed by atoms with Crippen LogP contribution in [0.2, 0.25) is 10.0 Å². The molecule has 4 rings (SSSR count). The summed E-state index contributed by atoms with van der Waals surface area (Å²) in [6.45, 7) is 3.56. The van der Waals surface area contributed by atoms with Crippen LogP contribution in [0.5, 0.6) is 0 Å². The summed E-state index contributed by atoms with van der Waals surface area (Å²) in [5.41, 5.74) is 0.859. The highest BCUT2D eigenvalue weighted by Crippen LogP contribution is 2.28. The zero-order chi connectivity index (χ0) is 14.1. The van der Waals surface area contributed by atoms with Gasteiger partial charge in [0.25, 0.3) is 0 Å². The van der Waals surface area contributed by atoms with Crippen LogP contribution in [0.1, 0.15) is 12.8 Å². The van der Waals surface area contributed by atoms with Gasteiger partial charge in [0.2, 0.25) is 0 Å². The Bertz CT molecular complexity index is 515. The van der Waals surface area contributed by atoms with Crippen LogP contribution in [0.15, 0.2) is 18.2 Å². The van der Waals surface area contributed by atoms with Crippen molar-refractivity contribution in [3.05, 3.63) is 28.2 Å². The smallest absolute Gasteiger partial charge is 0.171 e. The summed E-state index contributed by atoms with van der Waals surface area (Å²) in [6, 6.07) is 5.89.